The molecule has 1 N–H and O–H groups in total. The minimum absolute atomic E-state index is 0.639. The van der Waals surface area contributed by atoms with E-state index < -0.39 is 0 Å². The second kappa shape index (κ2) is 4.13. The zero-order valence-corrected chi connectivity index (χ0v) is 9.03. The summed E-state index contributed by atoms with van der Waals surface area (Å²) in [7, 11) is 2.04. The fraction of sp³-hybridized carbons (Fsp3) is 0.727. The molecule has 1 unspecified atom stereocenters. The molecule has 1 aromatic heterocycles. The van der Waals surface area contributed by atoms with Crippen LogP contribution in [0.2, 0.25) is 0 Å². The summed E-state index contributed by atoms with van der Waals surface area (Å²) in [6.45, 7) is 3.17. The Labute approximate surface area is 85.5 Å². The molecule has 0 saturated heterocycles. The Morgan fingerprint density at radius 1 is 1.64 bits per heavy atom. The van der Waals surface area contributed by atoms with E-state index in [2.05, 4.69) is 21.8 Å². The molecule has 1 aromatic rings. The van der Waals surface area contributed by atoms with Gasteiger partial charge in [0, 0.05) is 25.5 Å². The quantitative estimate of drug-likeness (QED) is 0.788. The van der Waals surface area contributed by atoms with Crippen molar-refractivity contribution in [3.63, 3.8) is 0 Å². The lowest BCUT2D eigenvalue weighted by Gasteiger charge is -2.31. The highest BCUT2D eigenvalue weighted by molar-refractivity contribution is 4.91. The van der Waals surface area contributed by atoms with Gasteiger partial charge in [-0.05, 0) is 25.7 Å². The van der Waals surface area contributed by atoms with Crippen LogP contribution in [0.4, 0.5) is 0 Å². The third-order valence-corrected chi connectivity index (χ3v) is 3.36. The standard InChI is InChI=1S/C11H19N3/c1-9(10-4-3-5-10)13-8-11-12-6-7-14(11)2/h6-7,9-10,13H,3-5,8H2,1-2H3. The van der Waals surface area contributed by atoms with E-state index >= 15 is 0 Å². The molecule has 1 heterocycles. The van der Waals surface area contributed by atoms with Gasteiger partial charge in [-0.3, -0.25) is 0 Å². The van der Waals surface area contributed by atoms with Crippen molar-refractivity contribution in [3.05, 3.63) is 18.2 Å². The first-order chi connectivity index (χ1) is 6.77. The van der Waals surface area contributed by atoms with Crippen molar-refractivity contribution in [2.24, 2.45) is 13.0 Å². The number of nitrogens with zero attached hydrogens (tertiary/aromatic N) is 2. The summed E-state index contributed by atoms with van der Waals surface area (Å²) >= 11 is 0. The Morgan fingerprint density at radius 3 is 2.93 bits per heavy atom. The van der Waals surface area contributed by atoms with Gasteiger partial charge in [0.05, 0.1) is 6.54 Å². The maximum atomic E-state index is 4.29. The van der Waals surface area contributed by atoms with Gasteiger partial charge in [-0.2, -0.15) is 0 Å². The molecule has 0 aliphatic heterocycles. The molecule has 14 heavy (non-hydrogen) atoms. The van der Waals surface area contributed by atoms with Crippen LogP contribution in [0.5, 0.6) is 0 Å². The Balaban J connectivity index is 1.79. The Hall–Kier alpha value is -0.830. The first kappa shape index (κ1) is 9.71. The monoisotopic (exact) mass is 193 g/mol. The summed E-state index contributed by atoms with van der Waals surface area (Å²) in [5.41, 5.74) is 0. The number of rotatable bonds is 4. The van der Waals surface area contributed by atoms with E-state index in [4.69, 9.17) is 0 Å². The number of aryl methyl sites for hydroxylation is 1. The molecule has 0 amide bonds. The predicted octanol–water partition coefficient (Wildman–Crippen LogP) is 1.70. The lowest BCUT2D eigenvalue weighted by atomic mass is 9.80. The van der Waals surface area contributed by atoms with E-state index in [1.165, 1.54) is 19.3 Å². The van der Waals surface area contributed by atoms with Gasteiger partial charge < -0.3 is 9.88 Å². The molecule has 1 fully saturated rings. The maximum absolute atomic E-state index is 4.29. The van der Waals surface area contributed by atoms with Crippen molar-refractivity contribution in [2.75, 3.05) is 0 Å². The SMILES string of the molecule is CC(NCc1nccn1C)C1CCC1. The van der Waals surface area contributed by atoms with Gasteiger partial charge in [0.1, 0.15) is 5.82 Å². The normalized spacial score (nSPS) is 19.3. The molecule has 78 valence electrons. The second-order valence-corrected chi connectivity index (χ2v) is 4.31. The highest BCUT2D eigenvalue weighted by atomic mass is 15.1. The first-order valence-corrected chi connectivity index (χ1v) is 5.47. The van der Waals surface area contributed by atoms with Crippen molar-refractivity contribution in [2.45, 2.75) is 38.8 Å². The number of hydrogen-bond acceptors (Lipinski definition) is 2. The van der Waals surface area contributed by atoms with Gasteiger partial charge in [0.15, 0.2) is 0 Å². The number of nitrogens with one attached hydrogen (secondary N) is 1. The minimum atomic E-state index is 0.639. The average molecular weight is 193 g/mol. The van der Waals surface area contributed by atoms with Gasteiger partial charge in [0.25, 0.3) is 0 Å². The smallest absolute Gasteiger partial charge is 0.122 e. The van der Waals surface area contributed by atoms with Crippen LogP contribution in [0.25, 0.3) is 0 Å². The van der Waals surface area contributed by atoms with Gasteiger partial charge in [0.2, 0.25) is 0 Å². The minimum Gasteiger partial charge on any atom is -0.337 e. The summed E-state index contributed by atoms with van der Waals surface area (Å²) in [4.78, 5) is 4.29. The van der Waals surface area contributed by atoms with Gasteiger partial charge in [-0.25, -0.2) is 4.98 Å². The van der Waals surface area contributed by atoms with Crippen LogP contribution in [0, 0.1) is 5.92 Å². The van der Waals surface area contributed by atoms with Crippen LogP contribution >= 0.6 is 0 Å². The summed E-state index contributed by atoms with van der Waals surface area (Å²) < 4.78 is 2.07. The fourth-order valence-electron chi connectivity index (χ4n) is 1.93. The molecule has 0 spiro atoms. The summed E-state index contributed by atoms with van der Waals surface area (Å²) in [6.07, 6.45) is 8.05. The van der Waals surface area contributed by atoms with E-state index in [0.717, 1.165) is 18.3 Å². The molecule has 2 rings (SSSR count). The Bertz CT molecular complexity index is 288. The molecule has 3 nitrogen and oxygen atoms in total. The number of aromatic nitrogens is 2. The Morgan fingerprint density at radius 2 is 2.43 bits per heavy atom. The third kappa shape index (κ3) is 1.98. The van der Waals surface area contributed by atoms with Crippen LogP contribution in [0.1, 0.15) is 32.0 Å². The fourth-order valence-corrected chi connectivity index (χ4v) is 1.93. The molecule has 0 aromatic carbocycles. The third-order valence-electron chi connectivity index (χ3n) is 3.36. The summed E-state index contributed by atoms with van der Waals surface area (Å²) in [5.74, 6) is 2.02. The lowest BCUT2D eigenvalue weighted by Crippen LogP contribution is -2.37. The molecule has 1 atom stereocenters. The van der Waals surface area contributed by atoms with Crippen molar-refractivity contribution < 1.29 is 0 Å². The van der Waals surface area contributed by atoms with Crippen molar-refractivity contribution in [3.8, 4) is 0 Å². The first-order valence-electron chi connectivity index (χ1n) is 5.47. The maximum Gasteiger partial charge on any atom is 0.122 e. The van der Waals surface area contributed by atoms with E-state index in [0.29, 0.717) is 6.04 Å². The topological polar surface area (TPSA) is 29.9 Å². The number of imidazole rings is 1. The van der Waals surface area contributed by atoms with Crippen LogP contribution in [0.3, 0.4) is 0 Å². The molecule has 0 bridgehead atoms. The largest absolute Gasteiger partial charge is 0.337 e. The van der Waals surface area contributed by atoms with Crippen molar-refractivity contribution in [1.82, 2.24) is 14.9 Å². The van der Waals surface area contributed by atoms with Gasteiger partial charge >= 0.3 is 0 Å². The van der Waals surface area contributed by atoms with Crippen molar-refractivity contribution in [1.29, 1.82) is 0 Å². The zero-order chi connectivity index (χ0) is 9.97. The molecular weight excluding hydrogens is 174 g/mol. The molecule has 1 aliphatic rings. The van der Waals surface area contributed by atoms with Gasteiger partial charge in [-0.15, -0.1) is 0 Å². The molecule has 1 aliphatic carbocycles. The average Bonchev–Trinajstić information content (AvgIpc) is 2.44. The molecule has 1 saturated carbocycles. The second-order valence-electron chi connectivity index (χ2n) is 4.31. The predicted molar refractivity (Wildman–Crippen MR) is 56.9 cm³/mol. The van der Waals surface area contributed by atoms with Crippen LogP contribution in [0.15, 0.2) is 12.4 Å². The van der Waals surface area contributed by atoms with E-state index in [9.17, 15) is 0 Å². The molecule has 3 heteroatoms. The van der Waals surface area contributed by atoms with Crippen LogP contribution < -0.4 is 5.32 Å². The van der Waals surface area contributed by atoms with E-state index in [1.807, 2.05) is 19.4 Å². The van der Waals surface area contributed by atoms with Crippen LogP contribution in [-0.4, -0.2) is 15.6 Å². The van der Waals surface area contributed by atoms with Gasteiger partial charge in [-0.1, -0.05) is 6.42 Å². The summed E-state index contributed by atoms with van der Waals surface area (Å²) in [6, 6.07) is 0.639. The van der Waals surface area contributed by atoms with E-state index in [1.54, 1.807) is 0 Å². The zero-order valence-electron chi connectivity index (χ0n) is 9.03. The molecular formula is C11H19N3. The van der Waals surface area contributed by atoms with Crippen molar-refractivity contribution >= 4 is 0 Å². The molecule has 0 radical (unpaired) electrons. The summed E-state index contributed by atoms with van der Waals surface area (Å²) in [5, 5.41) is 3.54. The highest BCUT2D eigenvalue weighted by Gasteiger charge is 2.23. The lowest BCUT2D eigenvalue weighted by molar-refractivity contribution is 0.238. The Kier molecular flexibility index (Phi) is 2.87. The number of hydrogen-bond donors (Lipinski definition) is 1. The highest BCUT2D eigenvalue weighted by Crippen LogP contribution is 2.29. The van der Waals surface area contributed by atoms with Crippen LogP contribution in [-0.2, 0) is 13.6 Å². The van der Waals surface area contributed by atoms with E-state index in [-0.39, 0.29) is 0 Å².